The molecule has 6 atom stereocenters. The van der Waals surface area contributed by atoms with Gasteiger partial charge in [0.2, 0.25) is 0 Å². The molecule has 0 N–H and O–H groups in total. The molecular formula is C26H44O7Si. The highest BCUT2D eigenvalue weighted by atomic mass is 28.4. The molecule has 34 heavy (non-hydrogen) atoms. The summed E-state index contributed by atoms with van der Waals surface area (Å²) >= 11 is 0. The predicted octanol–water partition coefficient (Wildman–Crippen LogP) is 4.86. The van der Waals surface area contributed by atoms with E-state index in [1.165, 1.54) is 12.8 Å². The van der Waals surface area contributed by atoms with Gasteiger partial charge in [-0.1, -0.05) is 33.6 Å². The first-order valence-electron chi connectivity index (χ1n) is 14.0. The van der Waals surface area contributed by atoms with Crippen LogP contribution in [-0.4, -0.2) is 69.4 Å². The highest BCUT2D eigenvalue weighted by molar-refractivity contribution is 6.73. The zero-order valence-corrected chi connectivity index (χ0v) is 22.3. The lowest BCUT2D eigenvalue weighted by molar-refractivity contribution is -0.215. The van der Waals surface area contributed by atoms with Crippen molar-refractivity contribution >= 4 is 14.6 Å². The topological polar surface area (TPSA) is 75.8 Å². The SMILES string of the molecule is CC[Si](CC)(CC)O[C@H]([C@H]1OC2(CCCCC2)O[C@H]1[C@H]1O[C@@H]1C=O)[C@H]1COC2(CCCCC2)O1. The highest BCUT2D eigenvalue weighted by Crippen LogP contribution is 2.48. The van der Waals surface area contributed by atoms with Crippen LogP contribution in [0.4, 0.5) is 0 Å². The van der Waals surface area contributed by atoms with Crippen molar-refractivity contribution in [1.82, 2.24) is 0 Å². The van der Waals surface area contributed by atoms with E-state index in [4.69, 9.17) is 28.1 Å². The molecule has 2 saturated carbocycles. The average molecular weight is 497 g/mol. The molecule has 0 aromatic rings. The van der Waals surface area contributed by atoms with Crippen LogP contribution < -0.4 is 0 Å². The van der Waals surface area contributed by atoms with Gasteiger partial charge in [0.15, 0.2) is 26.2 Å². The Morgan fingerprint density at radius 2 is 1.47 bits per heavy atom. The summed E-state index contributed by atoms with van der Waals surface area (Å²) in [5.41, 5.74) is 0. The number of aldehydes is 1. The second-order valence-electron chi connectivity index (χ2n) is 11.1. The molecule has 3 heterocycles. The zero-order valence-electron chi connectivity index (χ0n) is 21.3. The van der Waals surface area contributed by atoms with Crippen molar-refractivity contribution in [1.29, 1.82) is 0 Å². The molecule has 8 heteroatoms. The van der Waals surface area contributed by atoms with Gasteiger partial charge < -0.3 is 32.9 Å². The van der Waals surface area contributed by atoms with Gasteiger partial charge in [-0.25, -0.2) is 0 Å². The van der Waals surface area contributed by atoms with Gasteiger partial charge in [0, 0.05) is 25.7 Å². The number of ether oxygens (including phenoxy) is 5. The molecule has 0 radical (unpaired) electrons. The van der Waals surface area contributed by atoms with E-state index in [1.54, 1.807) is 0 Å². The summed E-state index contributed by atoms with van der Waals surface area (Å²) in [6.45, 7) is 7.28. The van der Waals surface area contributed by atoms with Crippen LogP contribution in [-0.2, 0) is 32.9 Å². The molecule has 3 saturated heterocycles. The molecule has 0 unspecified atom stereocenters. The average Bonchev–Trinajstić information content (AvgIpc) is 3.44. The number of hydrogen-bond acceptors (Lipinski definition) is 7. The quantitative estimate of drug-likeness (QED) is 0.256. The number of carbonyl (C=O) groups is 1. The smallest absolute Gasteiger partial charge is 0.192 e. The molecule has 0 amide bonds. The van der Waals surface area contributed by atoms with Crippen molar-refractivity contribution in [3.63, 3.8) is 0 Å². The number of epoxide rings is 1. The molecule has 2 aliphatic carbocycles. The Morgan fingerprint density at radius 3 is 2.03 bits per heavy atom. The Morgan fingerprint density at radius 1 is 0.853 bits per heavy atom. The van der Waals surface area contributed by atoms with Crippen molar-refractivity contribution < 1.29 is 32.9 Å². The van der Waals surface area contributed by atoms with E-state index in [9.17, 15) is 4.79 Å². The van der Waals surface area contributed by atoms with E-state index in [0.29, 0.717) is 6.61 Å². The first kappa shape index (κ1) is 25.3. The lowest BCUT2D eigenvalue weighted by Crippen LogP contribution is -2.54. The van der Waals surface area contributed by atoms with Crippen LogP contribution in [0.2, 0.25) is 18.1 Å². The van der Waals surface area contributed by atoms with Gasteiger partial charge in [0.25, 0.3) is 0 Å². The van der Waals surface area contributed by atoms with Gasteiger partial charge in [-0.05, 0) is 43.8 Å². The fourth-order valence-corrected chi connectivity index (χ4v) is 9.60. The molecule has 2 spiro atoms. The maximum absolute atomic E-state index is 11.5. The number of carbonyl (C=O) groups excluding carboxylic acids is 1. The largest absolute Gasteiger partial charge is 0.408 e. The normalized spacial score (nSPS) is 37.8. The number of rotatable bonds is 9. The summed E-state index contributed by atoms with van der Waals surface area (Å²) in [6.07, 6.45) is 9.68. The first-order chi connectivity index (χ1) is 16.5. The standard InChI is InChI=1S/C26H44O7Si/c1-4-34(5-2,6-3)33-22(20-18-28-25(30-20)13-9-7-10-14-25)24-23(21-19(17-27)29-21)31-26(32-24)15-11-8-12-16-26/h17,19-24H,4-16,18H2,1-3H3/t19-,20-,21+,22+,23+,24-/m1/s1. The minimum Gasteiger partial charge on any atom is -0.408 e. The second-order valence-corrected chi connectivity index (χ2v) is 15.8. The molecule has 3 aliphatic heterocycles. The van der Waals surface area contributed by atoms with Crippen molar-refractivity contribution in [2.24, 2.45) is 0 Å². The van der Waals surface area contributed by atoms with Gasteiger partial charge in [-0.15, -0.1) is 0 Å². The molecule has 5 aliphatic rings. The van der Waals surface area contributed by atoms with Crippen molar-refractivity contribution in [2.45, 2.75) is 151 Å². The Kier molecular flexibility index (Phi) is 7.58. The van der Waals surface area contributed by atoms with E-state index in [-0.39, 0.29) is 30.5 Å². The molecule has 5 rings (SSSR count). The van der Waals surface area contributed by atoms with E-state index >= 15 is 0 Å². The van der Waals surface area contributed by atoms with Crippen LogP contribution in [0.1, 0.15) is 85.0 Å². The maximum atomic E-state index is 11.5. The molecule has 0 aromatic heterocycles. The van der Waals surface area contributed by atoms with Crippen molar-refractivity contribution in [2.75, 3.05) is 6.61 Å². The second kappa shape index (κ2) is 10.2. The van der Waals surface area contributed by atoms with E-state index < -0.39 is 26.0 Å². The summed E-state index contributed by atoms with van der Waals surface area (Å²) in [5.74, 6) is -1.07. The fourth-order valence-electron chi connectivity index (χ4n) is 6.74. The molecular weight excluding hydrogens is 452 g/mol. The molecule has 0 bridgehead atoms. The minimum atomic E-state index is -1.99. The Bertz CT molecular complexity index is 693. The van der Waals surface area contributed by atoms with Gasteiger partial charge >= 0.3 is 0 Å². The lowest BCUT2D eigenvalue weighted by Gasteiger charge is -2.40. The fraction of sp³-hybridized carbons (Fsp3) is 0.962. The predicted molar refractivity (Wildman–Crippen MR) is 129 cm³/mol. The third-order valence-electron chi connectivity index (χ3n) is 9.16. The maximum Gasteiger partial charge on any atom is 0.192 e. The summed E-state index contributed by atoms with van der Waals surface area (Å²) < 4.78 is 39.6. The van der Waals surface area contributed by atoms with E-state index in [0.717, 1.165) is 75.8 Å². The van der Waals surface area contributed by atoms with E-state index in [1.807, 2.05) is 0 Å². The Hall–Kier alpha value is -0.353. The van der Waals surface area contributed by atoms with Gasteiger partial charge in [-0.2, -0.15) is 0 Å². The summed E-state index contributed by atoms with van der Waals surface area (Å²) in [5, 5.41) is 0. The van der Waals surface area contributed by atoms with Crippen LogP contribution >= 0.6 is 0 Å². The van der Waals surface area contributed by atoms with Crippen molar-refractivity contribution in [3.05, 3.63) is 0 Å². The number of hydrogen-bond donors (Lipinski definition) is 0. The van der Waals surface area contributed by atoms with Crippen LogP contribution in [0.3, 0.4) is 0 Å². The lowest BCUT2D eigenvalue weighted by atomic mass is 9.94. The van der Waals surface area contributed by atoms with Crippen LogP contribution in [0.25, 0.3) is 0 Å². The van der Waals surface area contributed by atoms with Gasteiger partial charge in [0.1, 0.15) is 36.6 Å². The third-order valence-corrected chi connectivity index (χ3v) is 13.8. The summed E-state index contributed by atoms with van der Waals surface area (Å²) in [4.78, 5) is 11.5. The Labute approximate surface area is 205 Å². The van der Waals surface area contributed by atoms with Crippen LogP contribution in [0.15, 0.2) is 0 Å². The minimum absolute atomic E-state index is 0.196. The molecule has 7 nitrogen and oxygen atoms in total. The van der Waals surface area contributed by atoms with Crippen LogP contribution in [0.5, 0.6) is 0 Å². The summed E-state index contributed by atoms with van der Waals surface area (Å²) in [7, 11) is -1.99. The Balaban J connectivity index is 1.44. The first-order valence-corrected chi connectivity index (χ1v) is 16.5. The third kappa shape index (κ3) is 4.81. The van der Waals surface area contributed by atoms with Crippen molar-refractivity contribution in [3.8, 4) is 0 Å². The van der Waals surface area contributed by atoms with Crippen LogP contribution in [0, 0.1) is 0 Å². The molecule has 0 aromatic carbocycles. The van der Waals surface area contributed by atoms with E-state index in [2.05, 4.69) is 20.8 Å². The highest BCUT2D eigenvalue weighted by Gasteiger charge is 2.62. The summed E-state index contributed by atoms with van der Waals surface area (Å²) in [6, 6.07) is 3.15. The monoisotopic (exact) mass is 496 g/mol. The van der Waals surface area contributed by atoms with Gasteiger partial charge in [0.05, 0.1) is 6.61 Å². The molecule has 5 fully saturated rings. The molecule has 194 valence electrons. The van der Waals surface area contributed by atoms with Gasteiger partial charge in [-0.3, -0.25) is 0 Å². The zero-order chi connectivity index (χ0) is 23.8.